The zero-order chi connectivity index (χ0) is 12.5. The third kappa shape index (κ3) is 2.05. The van der Waals surface area contributed by atoms with Gasteiger partial charge in [0.25, 0.3) is 5.91 Å². The highest BCUT2D eigenvalue weighted by Crippen LogP contribution is 2.38. The summed E-state index contributed by atoms with van der Waals surface area (Å²) in [5.74, 6) is -1.13. The molecule has 2 unspecified atom stereocenters. The van der Waals surface area contributed by atoms with Crippen LogP contribution in [0.25, 0.3) is 0 Å². The van der Waals surface area contributed by atoms with Crippen molar-refractivity contribution in [3.05, 3.63) is 24.2 Å². The molecule has 0 aromatic carbocycles. The van der Waals surface area contributed by atoms with Crippen LogP contribution in [0, 0.1) is 5.41 Å². The van der Waals surface area contributed by atoms with Gasteiger partial charge in [-0.25, -0.2) is 0 Å². The number of carbonyl (C=O) groups excluding carboxylic acids is 1. The molecule has 1 amide bonds. The molecule has 17 heavy (non-hydrogen) atoms. The van der Waals surface area contributed by atoms with Crippen molar-refractivity contribution in [2.24, 2.45) is 5.41 Å². The number of carbonyl (C=O) groups is 2. The van der Waals surface area contributed by atoms with Gasteiger partial charge in [0.15, 0.2) is 0 Å². The van der Waals surface area contributed by atoms with Crippen LogP contribution in [0.15, 0.2) is 23.0 Å². The van der Waals surface area contributed by atoms with Crippen LogP contribution >= 0.6 is 0 Å². The molecule has 5 nitrogen and oxygen atoms in total. The molecule has 1 aliphatic rings. The number of carboxylic acids is 1. The fourth-order valence-corrected chi connectivity index (χ4v) is 2.29. The van der Waals surface area contributed by atoms with Crippen LogP contribution in [-0.2, 0) is 4.79 Å². The molecule has 2 rings (SSSR count). The van der Waals surface area contributed by atoms with Gasteiger partial charge in [-0.2, -0.15) is 0 Å². The fraction of sp³-hybridized carbons (Fsp3) is 0.500. The van der Waals surface area contributed by atoms with Crippen molar-refractivity contribution < 1.29 is 19.1 Å². The second-order valence-corrected chi connectivity index (χ2v) is 4.65. The van der Waals surface area contributed by atoms with E-state index < -0.39 is 11.4 Å². The van der Waals surface area contributed by atoms with Gasteiger partial charge in [0.2, 0.25) is 0 Å². The Kier molecular flexibility index (Phi) is 2.92. The lowest BCUT2D eigenvalue weighted by molar-refractivity contribution is -0.148. The summed E-state index contributed by atoms with van der Waals surface area (Å²) in [6.07, 6.45) is 4.88. The second kappa shape index (κ2) is 4.24. The van der Waals surface area contributed by atoms with E-state index in [-0.39, 0.29) is 11.9 Å². The van der Waals surface area contributed by atoms with E-state index in [4.69, 9.17) is 4.42 Å². The van der Waals surface area contributed by atoms with Crippen LogP contribution in [0.5, 0.6) is 0 Å². The van der Waals surface area contributed by atoms with Crippen molar-refractivity contribution >= 4 is 11.9 Å². The highest BCUT2D eigenvalue weighted by Gasteiger charge is 2.45. The number of hydrogen-bond acceptors (Lipinski definition) is 3. The van der Waals surface area contributed by atoms with Crippen LogP contribution in [0.1, 0.15) is 36.5 Å². The maximum absolute atomic E-state index is 11.8. The molecule has 2 atom stereocenters. The first-order chi connectivity index (χ1) is 8.04. The number of aliphatic carboxylic acids is 1. The summed E-state index contributed by atoms with van der Waals surface area (Å²) in [4.78, 5) is 23.0. The molecular weight excluding hydrogens is 222 g/mol. The molecule has 5 heteroatoms. The van der Waals surface area contributed by atoms with Gasteiger partial charge in [-0.15, -0.1) is 0 Å². The highest BCUT2D eigenvalue weighted by molar-refractivity contribution is 5.94. The lowest BCUT2D eigenvalue weighted by Crippen LogP contribution is -2.46. The van der Waals surface area contributed by atoms with Gasteiger partial charge in [-0.05, 0) is 25.8 Å². The average Bonchev–Trinajstić information content (AvgIpc) is 2.89. The zero-order valence-electron chi connectivity index (χ0n) is 9.60. The molecular formula is C12H15NO4. The first-order valence-electron chi connectivity index (χ1n) is 5.60. The van der Waals surface area contributed by atoms with E-state index in [0.717, 1.165) is 6.42 Å². The second-order valence-electron chi connectivity index (χ2n) is 4.65. The predicted octanol–water partition coefficient (Wildman–Crippen LogP) is 1.65. The van der Waals surface area contributed by atoms with Crippen LogP contribution in [0.4, 0.5) is 0 Å². The van der Waals surface area contributed by atoms with Gasteiger partial charge in [0.1, 0.15) is 6.26 Å². The first kappa shape index (κ1) is 11.7. The molecule has 1 aromatic rings. The molecule has 1 fully saturated rings. The van der Waals surface area contributed by atoms with Crippen molar-refractivity contribution in [3.63, 3.8) is 0 Å². The van der Waals surface area contributed by atoms with Gasteiger partial charge in [-0.1, -0.05) is 6.42 Å². The standard InChI is InChI=1S/C12H15NO4/c1-12(11(15)16)5-2-3-9(12)13-10(14)8-4-6-17-7-8/h4,6-7,9H,2-3,5H2,1H3,(H,13,14)(H,15,16). The van der Waals surface area contributed by atoms with Crippen molar-refractivity contribution in [1.29, 1.82) is 0 Å². The summed E-state index contributed by atoms with van der Waals surface area (Å²) >= 11 is 0. The number of hydrogen-bond donors (Lipinski definition) is 2. The van der Waals surface area contributed by atoms with E-state index >= 15 is 0 Å². The minimum absolute atomic E-state index is 0.280. The first-order valence-corrected chi connectivity index (χ1v) is 5.60. The number of rotatable bonds is 3. The maximum atomic E-state index is 11.8. The van der Waals surface area contributed by atoms with Crippen LogP contribution in [0.3, 0.4) is 0 Å². The Morgan fingerprint density at radius 3 is 2.94 bits per heavy atom. The molecule has 0 saturated heterocycles. The average molecular weight is 237 g/mol. The van der Waals surface area contributed by atoms with E-state index in [1.165, 1.54) is 12.5 Å². The van der Waals surface area contributed by atoms with Crippen molar-refractivity contribution in [2.45, 2.75) is 32.2 Å². The van der Waals surface area contributed by atoms with Crippen molar-refractivity contribution in [3.8, 4) is 0 Å². The van der Waals surface area contributed by atoms with E-state index in [2.05, 4.69) is 5.32 Å². The van der Waals surface area contributed by atoms with Crippen molar-refractivity contribution in [1.82, 2.24) is 5.32 Å². The number of nitrogens with one attached hydrogen (secondary N) is 1. The molecule has 1 heterocycles. The number of amides is 1. The van der Waals surface area contributed by atoms with Gasteiger partial charge in [-0.3, -0.25) is 9.59 Å². The third-order valence-electron chi connectivity index (χ3n) is 3.54. The number of carboxylic acid groups (broad SMARTS) is 1. The van der Waals surface area contributed by atoms with E-state index in [1.54, 1.807) is 13.0 Å². The van der Waals surface area contributed by atoms with Crippen LogP contribution < -0.4 is 5.32 Å². The summed E-state index contributed by atoms with van der Waals surface area (Å²) in [6.45, 7) is 1.68. The smallest absolute Gasteiger partial charge is 0.311 e. The minimum Gasteiger partial charge on any atom is -0.481 e. The quantitative estimate of drug-likeness (QED) is 0.837. The molecule has 1 saturated carbocycles. The van der Waals surface area contributed by atoms with E-state index in [9.17, 15) is 14.7 Å². The van der Waals surface area contributed by atoms with Gasteiger partial charge in [0, 0.05) is 6.04 Å². The summed E-state index contributed by atoms with van der Waals surface area (Å²) in [5.41, 5.74) is -0.441. The van der Waals surface area contributed by atoms with Crippen molar-refractivity contribution in [2.75, 3.05) is 0 Å². The maximum Gasteiger partial charge on any atom is 0.311 e. The zero-order valence-corrected chi connectivity index (χ0v) is 9.60. The fourth-order valence-electron chi connectivity index (χ4n) is 2.29. The number of furan rings is 1. The van der Waals surface area contributed by atoms with E-state index in [0.29, 0.717) is 18.4 Å². The molecule has 0 spiro atoms. The molecule has 92 valence electrons. The van der Waals surface area contributed by atoms with Gasteiger partial charge >= 0.3 is 5.97 Å². The Labute approximate surface area is 98.8 Å². The van der Waals surface area contributed by atoms with Gasteiger partial charge < -0.3 is 14.8 Å². The summed E-state index contributed by atoms with van der Waals surface area (Å²) in [7, 11) is 0. The lowest BCUT2D eigenvalue weighted by atomic mass is 9.85. The predicted molar refractivity (Wildman–Crippen MR) is 59.6 cm³/mol. The molecule has 0 bridgehead atoms. The SMILES string of the molecule is CC1(C(=O)O)CCCC1NC(=O)c1ccoc1. The Morgan fingerprint density at radius 1 is 1.59 bits per heavy atom. The molecule has 1 aromatic heterocycles. The highest BCUT2D eigenvalue weighted by atomic mass is 16.4. The molecule has 0 aliphatic heterocycles. The van der Waals surface area contributed by atoms with Crippen LogP contribution in [0.2, 0.25) is 0 Å². The summed E-state index contributed by atoms with van der Waals surface area (Å²) in [6, 6.07) is 1.24. The van der Waals surface area contributed by atoms with Gasteiger partial charge in [0.05, 0.1) is 17.2 Å². The van der Waals surface area contributed by atoms with E-state index in [1.807, 2.05) is 0 Å². The normalized spacial score (nSPS) is 27.9. The third-order valence-corrected chi connectivity index (χ3v) is 3.54. The Bertz CT molecular complexity index is 426. The Balaban J connectivity index is 2.09. The summed E-state index contributed by atoms with van der Waals surface area (Å²) in [5, 5.41) is 12.0. The Morgan fingerprint density at radius 2 is 2.35 bits per heavy atom. The van der Waals surface area contributed by atoms with Crippen LogP contribution in [-0.4, -0.2) is 23.0 Å². The molecule has 1 aliphatic carbocycles. The minimum atomic E-state index is -0.862. The Hall–Kier alpha value is -1.78. The molecule has 2 N–H and O–H groups in total. The monoisotopic (exact) mass is 237 g/mol. The lowest BCUT2D eigenvalue weighted by Gasteiger charge is -2.27. The summed E-state index contributed by atoms with van der Waals surface area (Å²) < 4.78 is 4.82. The molecule has 0 radical (unpaired) electrons. The largest absolute Gasteiger partial charge is 0.481 e. The topological polar surface area (TPSA) is 79.5 Å².